The Hall–Kier alpha value is -3.48. The van der Waals surface area contributed by atoms with Gasteiger partial charge < -0.3 is 10.8 Å². The van der Waals surface area contributed by atoms with Crippen LogP contribution in [0.15, 0.2) is 36.7 Å². The van der Waals surface area contributed by atoms with Crippen LogP contribution in [0, 0.1) is 19.8 Å². The van der Waals surface area contributed by atoms with Gasteiger partial charge in [-0.3, -0.25) is 9.78 Å². The molecule has 0 atom stereocenters. The minimum Gasteiger partial charge on any atom is -0.481 e. The van der Waals surface area contributed by atoms with Gasteiger partial charge in [-0.25, -0.2) is 9.50 Å². The molecule has 0 amide bonds. The van der Waals surface area contributed by atoms with Gasteiger partial charge in [0.15, 0.2) is 5.65 Å². The van der Waals surface area contributed by atoms with Crippen LogP contribution in [0.5, 0.6) is 0 Å². The average molecular weight is 430 g/mol. The normalized spacial score (nSPS) is 18.9. The van der Waals surface area contributed by atoms with Gasteiger partial charge in [-0.15, -0.1) is 0 Å². The molecule has 3 N–H and O–H groups in total. The van der Waals surface area contributed by atoms with Crippen molar-refractivity contribution in [3.8, 4) is 11.1 Å². The second-order valence-corrected chi connectivity index (χ2v) is 8.95. The molecular weight excluding hydrogens is 402 g/mol. The van der Waals surface area contributed by atoms with Gasteiger partial charge in [0.1, 0.15) is 0 Å². The fourth-order valence-electron chi connectivity index (χ4n) is 5.11. The zero-order valence-corrected chi connectivity index (χ0v) is 18.4. The number of pyridine rings is 1. The topological polar surface area (TPSA) is 106 Å². The van der Waals surface area contributed by atoms with E-state index in [0.717, 1.165) is 64.7 Å². The van der Waals surface area contributed by atoms with Crippen LogP contribution in [0.4, 0.5) is 5.69 Å². The number of carboxylic acids is 1. The third kappa shape index (κ3) is 3.47. The molecule has 0 spiro atoms. The van der Waals surface area contributed by atoms with E-state index in [-0.39, 0.29) is 12.3 Å². The maximum absolute atomic E-state index is 11.1. The number of aliphatic carboxylic acids is 1. The lowest BCUT2D eigenvalue weighted by molar-refractivity contribution is -0.138. The van der Waals surface area contributed by atoms with Crippen LogP contribution in [-0.2, 0) is 4.79 Å². The quantitative estimate of drug-likeness (QED) is 0.447. The lowest BCUT2D eigenvalue weighted by Gasteiger charge is -2.28. The van der Waals surface area contributed by atoms with E-state index in [4.69, 9.17) is 15.8 Å². The number of carbonyl (C=O) groups is 1. The number of hydrogen-bond donors (Lipinski definition) is 2. The van der Waals surface area contributed by atoms with Crippen LogP contribution in [-0.4, -0.2) is 30.7 Å². The Balaban J connectivity index is 1.58. The summed E-state index contributed by atoms with van der Waals surface area (Å²) in [5, 5.41) is 14.8. The summed E-state index contributed by atoms with van der Waals surface area (Å²) >= 11 is 0. The molecule has 7 heteroatoms. The van der Waals surface area contributed by atoms with Crippen molar-refractivity contribution >= 4 is 28.2 Å². The van der Waals surface area contributed by atoms with Crippen LogP contribution in [0.3, 0.4) is 0 Å². The number of carboxylic acid groups (broad SMARTS) is 1. The molecule has 5 rings (SSSR count). The third-order valence-electron chi connectivity index (χ3n) is 6.97. The van der Waals surface area contributed by atoms with Gasteiger partial charge in [0.2, 0.25) is 0 Å². The van der Waals surface area contributed by atoms with Crippen molar-refractivity contribution in [3.63, 3.8) is 0 Å². The molecule has 164 valence electrons. The van der Waals surface area contributed by atoms with Gasteiger partial charge in [-0.05, 0) is 74.8 Å². The van der Waals surface area contributed by atoms with E-state index in [1.165, 1.54) is 5.56 Å². The number of nitrogens with two attached hydrogens (primary N) is 1. The summed E-state index contributed by atoms with van der Waals surface area (Å²) in [7, 11) is 0. The Kier molecular flexibility index (Phi) is 5.04. The molecule has 32 heavy (non-hydrogen) atoms. The van der Waals surface area contributed by atoms with Gasteiger partial charge in [-0.1, -0.05) is 6.07 Å². The first-order valence-corrected chi connectivity index (χ1v) is 11.1. The molecule has 1 aromatic carbocycles. The van der Waals surface area contributed by atoms with Crippen molar-refractivity contribution in [3.05, 3.63) is 53.6 Å². The Bertz CT molecular complexity index is 1340. The smallest absolute Gasteiger partial charge is 0.303 e. The summed E-state index contributed by atoms with van der Waals surface area (Å²) in [6.07, 6.45) is 7.77. The highest BCUT2D eigenvalue weighted by molar-refractivity contribution is 5.98. The van der Waals surface area contributed by atoms with Crippen molar-refractivity contribution in [2.45, 2.75) is 51.9 Å². The van der Waals surface area contributed by atoms with E-state index >= 15 is 0 Å². The first-order valence-electron chi connectivity index (χ1n) is 11.1. The summed E-state index contributed by atoms with van der Waals surface area (Å²) in [5.41, 5.74) is 13.7. The SMILES string of the molecule is Cc1c(C2CCC(CC(=O)O)CC2)nc2c(-c3ccnc4cc(N)ccc34)cnn2c1C. The van der Waals surface area contributed by atoms with Crippen LogP contribution in [0.25, 0.3) is 27.7 Å². The number of hydrogen-bond acceptors (Lipinski definition) is 5. The van der Waals surface area contributed by atoms with Crippen molar-refractivity contribution < 1.29 is 9.90 Å². The molecule has 0 bridgehead atoms. The molecule has 0 aliphatic heterocycles. The number of anilines is 1. The third-order valence-corrected chi connectivity index (χ3v) is 6.97. The number of nitrogens with zero attached hydrogens (tertiary/aromatic N) is 4. The van der Waals surface area contributed by atoms with Crippen LogP contribution in [0.2, 0.25) is 0 Å². The highest BCUT2D eigenvalue weighted by Gasteiger charge is 2.27. The highest BCUT2D eigenvalue weighted by atomic mass is 16.4. The van der Waals surface area contributed by atoms with Crippen molar-refractivity contribution in [2.24, 2.45) is 5.92 Å². The fourth-order valence-corrected chi connectivity index (χ4v) is 5.11. The van der Waals surface area contributed by atoms with Crippen LogP contribution >= 0.6 is 0 Å². The maximum atomic E-state index is 11.1. The van der Waals surface area contributed by atoms with Gasteiger partial charge in [0.05, 0.1) is 17.4 Å². The molecule has 3 aromatic heterocycles. The number of rotatable bonds is 4. The standard InChI is InChI=1S/C25H27N5O2/c1-14-15(2)30-25(29-24(14)17-5-3-16(4-6-17)11-23(31)32)21(13-28-30)19-9-10-27-22-12-18(26)7-8-20(19)22/h7-10,12-13,16-17H,3-6,11,26H2,1-2H3,(H,31,32). The lowest BCUT2D eigenvalue weighted by atomic mass is 9.78. The molecule has 1 saturated carbocycles. The maximum Gasteiger partial charge on any atom is 0.303 e. The first kappa shape index (κ1) is 20.4. The average Bonchev–Trinajstić information content (AvgIpc) is 3.20. The zero-order valence-electron chi connectivity index (χ0n) is 18.4. The molecule has 0 unspecified atom stereocenters. The molecule has 0 saturated heterocycles. The number of nitrogen functional groups attached to an aromatic ring is 1. The van der Waals surface area contributed by atoms with Gasteiger partial charge in [-0.2, -0.15) is 5.10 Å². The van der Waals surface area contributed by atoms with Crippen molar-refractivity contribution in [2.75, 3.05) is 5.73 Å². The molecule has 3 heterocycles. The Morgan fingerprint density at radius 3 is 2.69 bits per heavy atom. The second kappa shape index (κ2) is 7.89. The van der Waals surface area contributed by atoms with E-state index in [2.05, 4.69) is 23.9 Å². The van der Waals surface area contributed by atoms with Crippen LogP contribution in [0.1, 0.15) is 55.0 Å². The molecular formula is C25H27N5O2. The lowest BCUT2D eigenvalue weighted by Crippen LogP contribution is -2.18. The Labute approximate surface area is 186 Å². The van der Waals surface area contributed by atoms with Gasteiger partial charge >= 0.3 is 5.97 Å². The molecule has 1 aliphatic carbocycles. The molecule has 7 nitrogen and oxygen atoms in total. The predicted octanol–water partition coefficient (Wildman–Crippen LogP) is 4.89. The monoisotopic (exact) mass is 429 g/mol. The fraction of sp³-hybridized carbons (Fsp3) is 0.360. The van der Waals surface area contributed by atoms with E-state index in [1.54, 1.807) is 6.20 Å². The van der Waals surface area contributed by atoms with E-state index in [9.17, 15) is 4.79 Å². The number of aromatic nitrogens is 4. The summed E-state index contributed by atoms with van der Waals surface area (Å²) < 4.78 is 1.92. The summed E-state index contributed by atoms with van der Waals surface area (Å²) in [4.78, 5) is 20.7. The van der Waals surface area contributed by atoms with Crippen LogP contribution < -0.4 is 5.73 Å². The zero-order chi connectivity index (χ0) is 22.4. The number of benzene rings is 1. The second-order valence-electron chi connectivity index (χ2n) is 8.95. The summed E-state index contributed by atoms with van der Waals surface area (Å²) in [5.74, 6) is -0.0780. The largest absolute Gasteiger partial charge is 0.481 e. The first-order chi connectivity index (χ1) is 15.4. The van der Waals surface area contributed by atoms with E-state index < -0.39 is 5.97 Å². The van der Waals surface area contributed by atoms with Crippen molar-refractivity contribution in [1.29, 1.82) is 0 Å². The van der Waals surface area contributed by atoms with E-state index in [1.807, 2.05) is 35.0 Å². The summed E-state index contributed by atoms with van der Waals surface area (Å²) in [6.45, 7) is 4.21. The molecule has 4 aromatic rings. The Morgan fingerprint density at radius 1 is 1.16 bits per heavy atom. The van der Waals surface area contributed by atoms with E-state index in [0.29, 0.717) is 11.6 Å². The highest BCUT2D eigenvalue weighted by Crippen LogP contribution is 2.39. The minimum absolute atomic E-state index is 0.267. The number of aryl methyl sites for hydroxylation is 1. The number of fused-ring (bicyclic) bond motifs is 2. The summed E-state index contributed by atoms with van der Waals surface area (Å²) in [6, 6.07) is 7.78. The predicted molar refractivity (Wildman–Crippen MR) is 125 cm³/mol. The molecule has 1 aliphatic rings. The van der Waals surface area contributed by atoms with Crippen molar-refractivity contribution in [1.82, 2.24) is 19.6 Å². The molecule has 1 fully saturated rings. The van der Waals surface area contributed by atoms with Gasteiger partial charge in [0.25, 0.3) is 0 Å². The Morgan fingerprint density at radius 2 is 1.94 bits per heavy atom. The van der Waals surface area contributed by atoms with Gasteiger partial charge in [0, 0.05) is 40.9 Å². The molecule has 0 radical (unpaired) electrons. The minimum atomic E-state index is -0.699.